The molecule has 2 aliphatic carbocycles. The molecule has 1 aromatic heterocycles. The fourth-order valence-electron chi connectivity index (χ4n) is 2.12. The predicted octanol–water partition coefficient (Wildman–Crippen LogP) is 3.05. The molecule has 0 spiro atoms. The number of hydrogen-bond acceptors (Lipinski definition) is 3. The van der Waals surface area contributed by atoms with Gasteiger partial charge >= 0.3 is 0 Å². The molecule has 4 heteroatoms. The molecule has 4 nitrogen and oxygen atoms in total. The molecule has 2 saturated carbocycles. The summed E-state index contributed by atoms with van der Waals surface area (Å²) in [5.41, 5.74) is 2.46. The van der Waals surface area contributed by atoms with Crippen LogP contribution in [0.5, 0.6) is 0 Å². The Labute approximate surface area is 104 Å². The van der Waals surface area contributed by atoms with E-state index >= 15 is 0 Å². The van der Waals surface area contributed by atoms with Gasteiger partial charge in [0.25, 0.3) is 0 Å². The van der Waals surface area contributed by atoms with Crippen LogP contribution in [0.2, 0.25) is 0 Å². The average Bonchev–Trinajstić information content (AvgIpc) is 3.24. The van der Waals surface area contributed by atoms with E-state index in [0.717, 1.165) is 35.5 Å². The second kappa shape index (κ2) is 3.57. The smallest absolute Gasteiger partial charge is 0.227 e. The van der Waals surface area contributed by atoms with E-state index in [9.17, 15) is 4.79 Å². The van der Waals surface area contributed by atoms with Crippen LogP contribution in [-0.2, 0) is 4.79 Å². The van der Waals surface area contributed by atoms with Gasteiger partial charge in [-0.25, -0.2) is 4.98 Å². The van der Waals surface area contributed by atoms with Crippen LogP contribution >= 0.6 is 0 Å². The molecule has 1 amide bonds. The maximum Gasteiger partial charge on any atom is 0.227 e. The quantitative estimate of drug-likeness (QED) is 0.899. The molecule has 2 fully saturated rings. The first-order valence-electron chi connectivity index (χ1n) is 6.51. The Kier molecular flexibility index (Phi) is 2.01. The standard InChI is InChI=1S/C14H14N2O2/c17-13(8-1-2-8)15-10-5-6-12-11(7-10)16-14(18-12)9-3-4-9/h5-9H,1-4H2,(H,15,17). The van der Waals surface area contributed by atoms with Gasteiger partial charge in [-0.1, -0.05) is 0 Å². The second-order valence-corrected chi connectivity index (χ2v) is 5.27. The highest BCUT2D eigenvalue weighted by Crippen LogP contribution is 2.40. The highest BCUT2D eigenvalue weighted by Gasteiger charge is 2.30. The molecule has 1 heterocycles. The van der Waals surface area contributed by atoms with Crippen molar-refractivity contribution in [2.75, 3.05) is 5.32 Å². The minimum atomic E-state index is 0.125. The zero-order chi connectivity index (χ0) is 12.1. The van der Waals surface area contributed by atoms with Crippen LogP contribution in [0.3, 0.4) is 0 Å². The zero-order valence-electron chi connectivity index (χ0n) is 9.98. The normalized spacial score (nSPS) is 19.1. The van der Waals surface area contributed by atoms with Crippen molar-refractivity contribution in [3.05, 3.63) is 24.1 Å². The lowest BCUT2D eigenvalue weighted by Crippen LogP contribution is -2.12. The predicted molar refractivity (Wildman–Crippen MR) is 67.3 cm³/mol. The highest BCUT2D eigenvalue weighted by molar-refractivity contribution is 5.95. The van der Waals surface area contributed by atoms with Crippen molar-refractivity contribution in [1.82, 2.24) is 4.98 Å². The number of carbonyl (C=O) groups is 1. The summed E-state index contributed by atoms with van der Waals surface area (Å²) >= 11 is 0. The third-order valence-electron chi connectivity index (χ3n) is 3.55. The topological polar surface area (TPSA) is 55.1 Å². The summed E-state index contributed by atoms with van der Waals surface area (Å²) in [4.78, 5) is 16.2. The van der Waals surface area contributed by atoms with Crippen molar-refractivity contribution in [3.8, 4) is 0 Å². The Hall–Kier alpha value is -1.84. The van der Waals surface area contributed by atoms with E-state index in [1.165, 1.54) is 12.8 Å². The molecule has 92 valence electrons. The van der Waals surface area contributed by atoms with Crippen molar-refractivity contribution >= 4 is 22.7 Å². The van der Waals surface area contributed by atoms with E-state index in [-0.39, 0.29) is 11.8 Å². The Morgan fingerprint density at radius 3 is 2.83 bits per heavy atom. The number of benzene rings is 1. The van der Waals surface area contributed by atoms with Crippen molar-refractivity contribution in [1.29, 1.82) is 0 Å². The summed E-state index contributed by atoms with van der Waals surface area (Å²) < 4.78 is 5.69. The number of carbonyl (C=O) groups excluding carboxylic acids is 1. The molecular formula is C14H14N2O2. The van der Waals surface area contributed by atoms with E-state index in [2.05, 4.69) is 10.3 Å². The Morgan fingerprint density at radius 2 is 2.11 bits per heavy atom. The van der Waals surface area contributed by atoms with Crippen LogP contribution in [0.25, 0.3) is 11.1 Å². The lowest BCUT2D eigenvalue weighted by atomic mass is 10.2. The van der Waals surface area contributed by atoms with Crippen molar-refractivity contribution in [2.24, 2.45) is 5.92 Å². The van der Waals surface area contributed by atoms with Gasteiger partial charge in [0.1, 0.15) is 5.52 Å². The number of nitrogens with zero attached hydrogens (tertiary/aromatic N) is 1. The van der Waals surface area contributed by atoms with Gasteiger partial charge < -0.3 is 9.73 Å². The van der Waals surface area contributed by atoms with E-state index in [0.29, 0.717) is 5.92 Å². The first-order valence-corrected chi connectivity index (χ1v) is 6.51. The summed E-state index contributed by atoms with van der Waals surface area (Å²) in [6.07, 6.45) is 4.39. The average molecular weight is 242 g/mol. The first-order chi connectivity index (χ1) is 8.79. The number of nitrogens with one attached hydrogen (secondary N) is 1. The summed E-state index contributed by atoms with van der Waals surface area (Å²) in [6, 6.07) is 5.66. The molecule has 2 aromatic rings. The molecular weight excluding hydrogens is 228 g/mol. The lowest BCUT2D eigenvalue weighted by Gasteiger charge is -2.02. The van der Waals surface area contributed by atoms with Gasteiger partial charge in [0.15, 0.2) is 11.5 Å². The Bertz CT molecular complexity index is 624. The van der Waals surface area contributed by atoms with Crippen LogP contribution in [-0.4, -0.2) is 10.9 Å². The zero-order valence-corrected chi connectivity index (χ0v) is 9.98. The van der Waals surface area contributed by atoms with Gasteiger partial charge in [-0.15, -0.1) is 0 Å². The van der Waals surface area contributed by atoms with Crippen LogP contribution in [0.15, 0.2) is 22.6 Å². The minimum absolute atomic E-state index is 0.125. The number of oxazole rings is 1. The number of anilines is 1. The Balaban J connectivity index is 1.63. The molecule has 1 aromatic carbocycles. The highest BCUT2D eigenvalue weighted by atomic mass is 16.3. The molecule has 1 N–H and O–H groups in total. The van der Waals surface area contributed by atoms with Crippen LogP contribution in [0.1, 0.15) is 37.5 Å². The number of fused-ring (bicyclic) bond motifs is 1. The van der Waals surface area contributed by atoms with Gasteiger partial charge in [0.2, 0.25) is 5.91 Å². The largest absolute Gasteiger partial charge is 0.440 e. The van der Waals surface area contributed by atoms with Crippen molar-refractivity contribution in [2.45, 2.75) is 31.6 Å². The maximum atomic E-state index is 11.7. The van der Waals surface area contributed by atoms with Gasteiger partial charge in [-0.2, -0.15) is 0 Å². The Morgan fingerprint density at radius 1 is 1.28 bits per heavy atom. The molecule has 0 unspecified atom stereocenters. The SMILES string of the molecule is O=C(Nc1ccc2oc(C3CC3)nc2c1)C1CC1. The first kappa shape index (κ1) is 10.1. The monoisotopic (exact) mass is 242 g/mol. The molecule has 4 rings (SSSR count). The molecule has 0 radical (unpaired) electrons. The van der Waals surface area contributed by atoms with Gasteiger partial charge in [0, 0.05) is 17.5 Å². The van der Waals surface area contributed by atoms with Crippen LogP contribution in [0, 0.1) is 5.92 Å². The fourth-order valence-corrected chi connectivity index (χ4v) is 2.12. The van der Waals surface area contributed by atoms with Gasteiger partial charge in [0.05, 0.1) is 0 Å². The van der Waals surface area contributed by atoms with Gasteiger partial charge in [-0.05, 0) is 43.9 Å². The summed E-state index contributed by atoms with van der Waals surface area (Å²) in [5, 5.41) is 2.93. The maximum absolute atomic E-state index is 11.7. The van der Waals surface area contributed by atoms with Crippen molar-refractivity contribution in [3.63, 3.8) is 0 Å². The molecule has 0 aliphatic heterocycles. The fraction of sp³-hybridized carbons (Fsp3) is 0.429. The van der Waals surface area contributed by atoms with Crippen molar-refractivity contribution < 1.29 is 9.21 Å². The van der Waals surface area contributed by atoms with E-state index in [1.54, 1.807) is 0 Å². The summed E-state index contributed by atoms with van der Waals surface area (Å²) in [6.45, 7) is 0. The minimum Gasteiger partial charge on any atom is -0.440 e. The van der Waals surface area contributed by atoms with E-state index < -0.39 is 0 Å². The lowest BCUT2D eigenvalue weighted by molar-refractivity contribution is -0.117. The molecule has 0 bridgehead atoms. The number of rotatable bonds is 3. The molecule has 2 aliphatic rings. The molecule has 0 atom stereocenters. The van der Waals surface area contributed by atoms with E-state index in [4.69, 9.17) is 4.42 Å². The summed E-state index contributed by atoms with van der Waals surface area (Å²) in [7, 11) is 0. The third kappa shape index (κ3) is 1.78. The number of amides is 1. The number of aromatic nitrogens is 1. The van der Waals surface area contributed by atoms with Gasteiger partial charge in [-0.3, -0.25) is 4.79 Å². The van der Waals surface area contributed by atoms with Crippen LogP contribution in [0.4, 0.5) is 5.69 Å². The second-order valence-electron chi connectivity index (χ2n) is 5.27. The summed E-state index contributed by atoms with van der Waals surface area (Å²) in [5.74, 6) is 1.71. The molecule has 18 heavy (non-hydrogen) atoms. The number of hydrogen-bond donors (Lipinski definition) is 1. The molecule has 0 saturated heterocycles. The third-order valence-corrected chi connectivity index (χ3v) is 3.55. The van der Waals surface area contributed by atoms with E-state index in [1.807, 2.05) is 18.2 Å². The van der Waals surface area contributed by atoms with Crippen LogP contribution < -0.4 is 5.32 Å².